The topological polar surface area (TPSA) is 94.2 Å². The highest BCUT2D eigenvalue weighted by molar-refractivity contribution is 7.89. The van der Waals surface area contributed by atoms with Gasteiger partial charge in [-0.3, -0.25) is 4.79 Å². The number of carbonyl (C=O) groups excluding carboxylic acids is 1. The Bertz CT molecular complexity index is 1110. The number of nitrogens with one attached hydrogen (secondary N) is 1. The zero-order chi connectivity index (χ0) is 22.1. The number of carbonyl (C=O) groups is 1. The number of hydrogen-bond donors (Lipinski definition) is 1. The Morgan fingerprint density at radius 3 is 2.41 bits per heavy atom. The molecule has 0 bridgehead atoms. The summed E-state index contributed by atoms with van der Waals surface area (Å²) in [4.78, 5) is 13.1. The molecule has 0 spiro atoms. The molecule has 1 atom stereocenters. The molecule has 9 heteroatoms. The highest BCUT2D eigenvalue weighted by Gasteiger charge is 2.34. The van der Waals surface area contributed by atoms with Gasteiger partial charge >= 0.3 is 0 Å². The van der Waals surface area contributed by atoms with Crippen LogP contribution in [0.1, 0.15) is 30.9 Å². The highest BCUT2D eigenvalue weighted by atomic mass is 32.2. The Balaban J connectivity index is 1.22. The van der Waals surface area contributed by atoms with E-state index >= 15 is 0 Å². The Morgan fingerprint density at radius 1 is 0.875 bits per heavy atom. The van der Waals surface area contributed by atoms with E-state index in [4.69, 9.17) is 14.2 Å². The first kappa shape index (κ1) is 21.1. The summed E-state index contributed by atoms with van der Waals surface area (Å²) >= 11 is 0. The molecule has 5 rings (SSSR count). The van der Waals surface area contributed by atoms with Gasteiger partial charge in [0.15, 0.2) is 11.5 Å². The van der Waals surface area contributed by atoms with E-state index < -0.39 is 10.0 Å². The maximum absolute atomic E-state index is 13.1. The van der Waals surface area contributed by atoms with Crippen molar-refractivity contribution in [2.45, 2.75) is 30.2 Å². The van der Waals surface area contributed by atoms with Gasteiger partial charge in [-0.15, -0.1) is 0 Å². The zero-order valence-electron chi connectivity index (χ0n) is 17.7. The van der Waals surface area contributed by atoms with Crippen molar-refractivity contribution in [2.75, 3.05) is 32.9 Å². The van der Waals surface area contributed by atoms with Crippen LogP contribution in [0.15, 0.2) is 47.4 Å². The number of benzene rings is 2. The van der Waals surface area contributed by atoms with Crippen LogP contribution < -0.4 is 19.5 Å². The highest BCUT2D eigenvalue weighted by Crippen LogP contribution is 2.35. The van der Waals surface area contributed by atoms with Crippen molar-refractivity contribution in [2.24, 2.45) is 5.92 Å². The Labute approximate surface area is 187 Å². The lowest BCUT2D eigenvalue weighted by molar-refractivity contribution is -0.127. The van der Waals surface area contributed by atoms with Crippen LogP contribution in [0.25, 0.3) is 0 Å². The van der Waals surface area contributed by atoms with E-state index in [-0.39, 0.29) is 22.8 Å². The van der Waals surface area contributed by atoms with Crippen molar-refractivity contribution in [3.8, 4) is 17.2 Å². The molecular weight excluding hydrogens is 432 g/mol. The van der Waals surface area contributed by atoms with E-state index in [9.17, 15) is 13.2 Å². The third kappa shape index (κ3) is 4.02. The number of piperidine rings is 1. The quantitative estimate of drug-likeness (QED) is 0.757. The van der Waals surface area contributed by atoms with Gasteiger partial charge in [0.25, 0.3) is 0 Å². The normalized spacial score (nSPS) is 21.3. The molecule has 2 aromatic rings. The minimum Gasteiger partial charge on any atom is -0.493 e. The Hall–Kier alpha value is -2.78. The molecule has 1 amide bonds. The first-order valence-electron chi connectivity index (χ1n) is 10.9. The minimum atomic E-state index is -3.66. The predicted molar refractivity (Wildman–Crippen MR) is 116 cm³/mol. The number of ether oxygens (including phenoxy) is 3. The fourth-order valence-corrected chi connectivity index (χ4v) is 5.96. The van der Waals surface area contributed by atoms with Gasteiger partial charge in [0.2, 0.25) is 15.9 Å². The third-order valence-electron chi connectivity index (χ3n) is 6.25. The standard InChI is InChI=1S/C23H26N2O6S/c26-23(24-19-9-12-29-20-4-2-1-3-18(19)20)16-7-10-25(11-8-16)32(27,28)17-5-6-21-22(15-17)31-14-13-30-21/h1-6,15-16,19H,7-14H2,(H,24,26)/t19-/m0/s1. The fraction of sp³-hybridized carbons (Fsp3) is 0.435. The van der Waals surface area contributed by atoms with Gasteiger partial charge in [-0.1, -0.05) is 18.2 Å². The number of para-hydroxylation sites is 1. The van der Waals surface area contributed by atoms with Crippen molar-refractivity contribution in [3.05, 3.63) is 48.0 Å². The summed E-state index contributed by atoms with van der Waals surface area (Å²) in [5, 5.41) is 3.15. The summed E-state index contributed by atoms with van der Waals surface area (Å²) in [6.45, 7) is 2.02. The molecule has 1 N–H and O–H groups in total. The van der Waals surface area contributed by atoms with Gasteiger partial charge in [-0.05, 0) is 31.0 Å². The molecule has 3 aliphatic rings. The van der Waals surface area contributed by atoms with E-state index in [0.29, 0.717) is 57.3 Å². The molecule has 170 valence electrons. The van der Waals surface area contributed by atoms with E-state index in [0.717, 1.165) is 17.7 Å². The van der Waals surface area contributed by atoms with E-state index in [2.05, 4.69) is 5.32 Å². The summed E-state index contributed by atoms with van der Waals surface area (Å²) in [6.07, 6.45) is 1.70. The number of nitrogens with zero attached hydrogens (tertiary/aromatic N) is 1. The van der Waals surface area contributed by atoms with Crippen LogP contribution in [0.3, 0.4) is 0 Å². The molecule has 8 nitrogen and oxygen atoms in total. The number of sulfonamides is 1. The largest absolute Gasteiger partial charge is 0.493 e. The van der Waals surface area contributed by atoms with Crippen LogP contribution in [-0.4, -0.2) is 51.5 Å². The first-order valence-corrected chi connectivity index (χ1v) is 12.4. The van der Waals surface area contributed by atoms with Crippen molar-refractivity contribution in [1.29, 1.82) is 0 Å². The van der Waals surface area contributed by atoms with Gasteiger partial charge in [-0.25, -0.2) is 8.42 Å². The van der Waals surface area contributed by atoms with Gasteiger partial charge in [0, 0.05) is 37.1 Å². The molecule has 1 saturated heterocycles. The average molecular weight is 459 g/mol. The summed E-state index contributed by atoms with van der Waals surface area (Å²) in [5.74, 6) is 1.58. The van der Waals surface area contributed by atoms with Crippen molar-refractivity contribution in [3.63, 3.8) is 0 Å². The molecule has 0 aliphatic carbocycles. The summed E-state index contributed by atoms with van der Waals surface area (Å²) in [5.41, 5.74) is 0.991. The number of hydrogen-bond acceptors (Lipinski definition) is 6. The lowest BCUT2D eigenvalue weighted by Gasteiger charge is -2.33. The van der Waals surface area contributed by atoms with Crippen molar-refractivity contribution >= 4 is 15.9 Å². The monoisotopic (exact) mass is 458 g/mol. The molecule has 1 fully saturated rings. The summed E-state index contributed by atoms with van der Waals surface area (Å²) in [7, 11) is -3.66. The second-order valence-corrected chi connectivity index (χ2v) is 10.2. The molecule has 0 aromatic heterocycles. The van der Waals surface area contributed by atoms with E-state index in [1.807, 2.05) is 24.3 Å². The van der Waals surface area contributed by atoms with Crippen LogP contribution >= 0.6 is 0 Å². The Kier molecular flexibility index (Phi) is 5.69. The third-order valence-corrected chi connectivity index (χ3v) is 8.15. The molecule has 0 radical (unpaired) electrons. The fourth-order valence-electron chi connectivity index (χ4n) is 4.47. The molecule has 3 aliphatic heterocycles. The average Bonchev–Trinajstić information content (AvgIpc) is 2.84. The molecule has 2 aromatic carbocycles. The van der Waals surface area contributed by atoms with Gasteiger partial charge in [0.05, 0.1) is 17.5 Å². The second kappa shape index (κ2) is 8.63. The summed E-state index contributed by atoms with van der Waals surface area (Å²) in [6, 6.07) is 12.4. The molecule has 3 heterocycles. The van der Waals surface area contributed by atoms with Crippen LogP contribution in [0.5, 0.6) is 17.2 Å². The lowest BCUT2D eigenvalue weighted by atomic mass is 9.95. The van der Waals surface area contributed by atoms with Crippen LogP contribution in [0.4, 0.5) is 0 Å². The van der Waals surface area contributed by atoms with Crippen LogP contribution in [0.2, 0.25) is 0 Å². The maximum Gasteiger partial charge on any atom is 0.243 e. The predicted octanol–water partition coefficient (Wildman–Crippen LogP) is 2.50. The maximum atomic E-state index is 13.1. The van der Waals surface area contributed by atoms with Gasteiger partial charge in [-0.2, -0.15) is 4.31 Å². The van der Waals surface area contributed by atoms with Gasteiger partial charge < -0.3 is 19.5 Å². The van der Waals surface area contributed by atoms with Crippen molar-refractivity contribution < 1.29 is 27.4 Å². The number of rotatable bonds is 4. The van der Waals surface area contributed by atoms with Crippen molar-refractivity contribution in [1.82, 2.24) is 9.62 Å². The van der Waals surface area contributed by atoms with E-state index in [1.165, 1.54) is 10.4 Å². The second-order valence-electron chi connectivity index (χ2n) is 8.22. The first-order chi connectivity index (χ1) is 15.5. The minimum absolute atomic E-state index is 0.0249. The molecule has 0 saturated carbocycles. The number of fused-ring (bicyclic) bond motifs is 2. The smallest absolute Gasteiger partial charge is 0.243 e. The zero-order valence-corrected chi connectivity index (χ0v) is 18.5. The Morgan fingerprint density at radius 2 is 1.59 bits per heavy atom. The lowest BCUT2D eigenvalue weighted by Crippen LogP contribution is -2.44. The molecule has 0 unspecified atom stereocenters. The van der Waals surface area contributed by atoms with Gasteiger partial charge in [0.1, 0.15) is 19.0 Å². The van der Waals surface area contributed by atoms with Crippen LogP contribution in [0, 0.1) is 5.92 Å². The SMILES string of the molecule is O=C(N[C@H]1CCOc2ccccc21)C1CCN(S(=O)(=O)c2ccc3c(c2)OCCO3)CC1. The van der Waals surface area contributed by atoms with Crippen LogP contribution in [-0.2, 0) is 14.8 Å². The number of amides is 1. The van der Waals surface area contributed by atoms with E-state index in [1.54, 1.807) is 12.1 Å². The molecular formula is C23H26N2O6S. The molecule has 32 heavy (non-hydrogen) atoms. The summed E-state index contributed by atoms with van der Waals surface area (Å²) < 4.78 is 44.4.